The fourth-order valence-corrected chi connectivity index (χ4v) is 1.92. The third kappa shape index (κ3) is 6.29. The van der Waals surface area contributed by atoms with Crippen molar-refractivity contribution < 1.29 is 14.7 Å². The van der Waals surface area contributed by atoms with Crippen molar-refractivity contribution in [3.05, 3.63) is 29.8 Å². The number of anilines is 1. The average Bonchev–Trinajstić information content (AvgIpc) is 2.35. The molecule has 1 aromatic rings. The third-order valence-corrected chi connectivity index (χ3v) is 3.46. The first-order valence-corrected chi connectivity index (χ1v) is 7.02. The van der Waals surface area contributed by atoms with Crippen molar-refractivity contribution >= 4 is 17.7 Å². The van der Waals surface area contributed by atoms with E-state index in [2.05, 4.69) is 10.6 Å². The number of hydrogen-bond donors (Lipinski definition) is 3. The summed E-state index contributed by atoms with van der Waals surface area (Å²) in [5, 5.41) is 14.4. The largest absolute Gasteiger partial charge is 0.481 e. The standard InChI is InChI=1S/C16H24N2O3/c1-11-5-7-13(8-6-11)18-15(21)17-10-12(9-14(19)20)16(2,3)4/h5-8,12H,9-10H2,1-4H3,(H,19,20)(H2,17,18,21). The highest BCUT2D eigenvalue weighted by atomic mass is 16.4. The molecule has 5 heteroatoms. The van der Waals surface area contributed by atoms with Gasteiger partial charge in [0, 0.05) is 12.2 Å². The molecule has 2 amide bonds. The van der Waals surface area contributed by atoms with E-state index in [0.29, 0.717) is 12.2 Å². The van der Waals surface area contributed by atoms with Gasteiger partial charge < -0.3 is 15.7 Å². The number of nitrogens with one attached hydrogen (secondary N) is 2. The summed E-state index contributed by atoms with van der Waals surface area (Å²) < 4.78 is 0. The summed E-state index contributed by atoms with van der Waals surface area (Å²) in [6.07, 6.45) is 0.0360. The van der Waals surface area contributed by atoms with Crippen LogP contribution in [0.3, 0.4) is 0 Å². The fraction of sp³-hybridized carbons (Fsp3) is 0.500. The molecule has 0 saturated heterocycles. The summed E-state index contributed by atoms with van der Waals surface area (Å²) in [5.74, 6) is -0.977. The number of aryl methyl sites for hydroxylation is 1. The van der Waals surface area contributed by atoms with E-state index >= 15 is 0 Å². The van der Waals surface area contributed by atoms with Gasteiger partial charge in [0.25, 0.3) is 0 Å². The van der Waals surface area contributed by atoms with Gasteiger partial charge >= 0.3 is 12.0 Å². The molecule has 21 heavy (non-hydrogen) atoms. The summed E-state index contributed by atoms with van der Waals surface area (Å²) in [5.41, 5.74) is 1.65. The quantitative estimate of drug-likeness (QED) is 0.779. The Balaban J connectivity index is 2.53. The Bertz CT molecular complexity index is 489. The van der Waals surface area contributed by atoms with Gasteiger partial charge in [0.05, 0.1) is 6.42 Å². The van der Waals surface area contributed by atoms with E-state index in [-0.39, 0.29) is 23.8 Å². The molecule has 1 unspecified atom stereocenters. The van der Waals surface area contributed by atoms with Crippen molar-refractivity contribution in [3.63, 3.8) is 0 Å². The van der Waals surface area contributed by atoms with E-state index in [4.69, 9.17) is 5.11 Å². The second kappa shape index (κ2) is 7.11. The summed E-state index contributed by atoms with van der Waals surface area (Å²) in [4.78, 5) is 22.7. The first-order chi connectivity index (χ1) is 9.68. The van der Waals surface area contributed by atoms with Crippen molar-refractivity contribution in [2.24, 2.45) is 11.3 Å². The van der Waals surface area contributed by atoms with Crippen molar-refractivity contribution in [2.75, 3.05) is 11.9 Å². The number of amides is 2. The summed E-state index contributed by atoms with van der Waals surface area (Å²) in [6, 6.07) is 7.16. The van der Waals surface area contributed by atoms with Crippen molar-refractivity contribution in [3.8, 4) is 0 Å². The smallest absolute Gasteiger partial charge is 0.319 e. The molecule has 5 nitrogen and oxygen atoms in total. The van der Waals surface area contributed by atoms with Crippen LogP contribution in [0.25, 0.3) is 0 Å². The third-order valence-electron chi connectivity index (χ3n) is 3.46. The van der Waals surface area contributed by atoms with Gasteiger partial charge in [-0.1, -0.05) is 38.5 Å². The number of carboxylic acids is 1. The number of carbonyl (C=O) groups excluding carboxylic acids is 1. The molecule has 0 aliphatic heterocycles. The highest BCUT2D eigenvalue weighted by molar-refractivity contribution is 5.89. The van der Waals surface area contributed by atoms with E-state index < -0.39 is 5.97 Å². The van der Waals surface area contributed by atoms with Gasteiger partial charge in [-0.2, -0.15) is 0 Å². The van der Waals surface area contributed by atoms with Crippen LogP contribution in [0.1, 0.15) is 32.8 Å². The molecule has 0 heterocycles. The Labute approximate surface area is 125 Å². The van der Waals surface area contributed by atoms with Crippen LogP contribution in [0.4, 0.5) is 10.5 Å². The van der Waals surface area contributed by atoms with Crippen LogP contribution in [-0.4, -0.2) is 23.7 Å². The fourth-order valence-electron chi connectivity index (χ4n) is 1.92. The van der Waals surface area contributed by atoms with E-state index in [0.717, 1.165) is 5.56 Å². The minimum Gasteiger partial charge on any atom is -0.481 e. The number of carboxylic acid groups (broad SMARTS) is 1. The molecule has 0 spiro atoms. The van der Waals surface area contributed by atoms with Crippen molar-refractivity contribution in [1.82, 2.24) is 5.32 Å². The van der Waals surface area contributed by atoms with Gasteiger partial charge in [-0.25, -0.2) is 4.79 Å². The minimum atomic E-state index is -0.851. The number of hydrogen-bond acceptors (Lipinski definition) is 2. The number of rotatable bonds is 5. The number of benzene rings is 1. The summed E-state index contributed by atoms with van der Waals surface area (Å²) in [7, 11) is 0. The zero-order valence-corrected chi connectivity index (χ0v) is 13.1. The molecular formula is C16H24N2O3. The summed E-state index contributed by atoms with van der Waals surface area (Å²) >= 11 is 0. The Hall–Kier alpha value is -2.04. The minimum absolute atomic E-state index is 0.0360. The second-order valence-corrected chi connectivity index (χ2v) is 6.36. The Kier molecular flexibility index (Phi) is 5.76. The highest BCUT2D eigenvalue weighted by Gasteiger charge is 2.27. The first kappa shape index (κ1) is 17.0. The SMILES string of the molecule is Cc1ccc(NC(=O)NCC(CC(=O)O)C(C)(C)C)cc1. The Morgan fingerprint density at radius 3 is 2.24 bits per heavy atom. The van der Waals surface area contributed by atoms with Crippen LogP contribution in [0, 0.1) is 18.3 Å². The zero-order chi connectivity index (χ0) is 16.0. The normalized spacial score (nSPS) is 12.6. The molecule has 116 valence electrons. The van der Waals surface area contributed by atoms with Crippen molar-refractivity contribution in [2.45, 2.75) is 34.1 Å². The van der Waals surface area contributed by atoms with Crippen LogP contribution in [0.15, 0.2) is 24.3 Å². The molecule has 0 aromatic heterocycles. The molecule has 0 fully saturated rings. The van der Waals surface area contributed by atoms with Gasteiger partial charge in [-0.05, 0) is 30.4 Å². The second-order valence-electron chi connectivity index (χ2n) is 6.36. The van der Waals surface area contributed by atoms with Gasteiger partial charge in [-0.3, -0.25) is 4.79 Å². The lowest BCUT2D eigenvalue weighted by molar-refractivity contribution is -0.139. The predicted octanol–water partition coefficient (Wildman–Crippen LogP) is 3.25. The molecular weight excluding hydrogens is 268 g/mol. The Morgan fingerprint density at radius 1 is 1.19 bits per heavy atom. The van der Waals surface area contributed by atoms with Gasteiger partial charge in [0.1, 0.15) is 0 Å². The van der Waals surface area contributed by atoms with Crippen LogP contribution in [0.5, 0.6) is 0 Å². The molecule has 0 bridgehead atoms. The average molecular weight is 292 g/mol. The lowest BCUT2D eigenvalue weighted by atomic mass is 9.79. The molecule has 1 rings (SSSR count). The van der Waals surface area contributed by atoms with E-state index in [1.165, 1.54) is 0 Å². The topological polar surface area (TPSA) is 78.4 Å². The van der Waals surface area contributed by atoms with Crippen LogP contribution in [-0.2, 0) is 4.79 Å². The monoisotopic (exact) mass is 292 g/mol. The number of carbonyl (C=O) groups is 2. The van der Waals surface area contributed by atoms with Crippen LogP contribution in [0.2, 0.25) is 0 Å². The van der Waals surface area contributed by atoms with Crippen molar-refractivity contribution in [1.29, 1.82) is 0 Å². The molecule has 1 atom stereocenters. The van der Waals surface area contributed by atoms with Gasteiger partial charge in [-0.15, -0.1) is 0 Å². The van der Waals surface area contributed by atoms with Gasteiger partial charge in [0.15, 0.2) is 0 Å². The van der Waals surface area contributed by atoms with E-state index in [9.17, 15) is 9.59 Å². The van der Waals surface area contributed by atoms with E-state index in [1.807, 2.05) is 52.0 Å². The lowest BCUT2D eigenvalue weighted by Gasteiger charge is -2.29. The lowest BCUT2D eigenvalue weighted by Crippen LogP contribution is -2.38. The molecule has 3 N–H and O–H groups in total. The summed E-state index contributed by atoms with van der Waals surface area (Å²) in [6.45, 7) is 8.22. The molecule has 0 aliphatic rings. The molecule has 1 aromatic carbocycles. The van der Waals surface area contributed by atoms with E-state index in [1.54, 1.807) is 0 Å². The van der Waals surface area contributed by atoms with Gasteiger partial charge in [0.2, 0.25) is 0 Å². The molecule has 0 saturated carbocycles. The first-order valence-electron chi connectivity index (χ1n) is 7.02. The van der Waals surface area contributed by atoms with Crippen LogP contribution >= 0.6 is 0 Å². The van der Waals surface area contributed by atoms with Crippen LogP contribution < -0.4 is 10.6 Å². The Morgan fingerprint density at radius 2 is 1.76 bits per heavy atom. The maximum Gasteiger partial charge on any atom is 0.319 e. The maximum absolute atomic E-state index is 11.8. The highest BCUT2D eigenvalue weighted by Crippen LogP contribution is 2.28. The predicted molar refractivity (Wildman–Crippen MR) is 83.4 cm³/mol. The molecule has 0 radical (unpaired) electrons. The molecule has 0 aliphatic carbocycles. The number of aliphatic carboxylic acids is 1. The maximum atomic E-state index is 11.8. The zero-order valence-electron chi connectivity index (χ0n) is 13.1. The number of urea groups is 1.